The Morgan fingerprint density at radius 2 is 1.57 bits per heavy atom. The molecule has 0 bridgehead atoms. The van der Waals surface area contributed by atoms with Gasteiger partial charge in [-0.1, -0.05) is 48.5 Å². The van der Waals surface area contributed by atoms with E-state index in [0.717, 1.165) is 22.3 Å². The molecule has 1 atom stereocenters. The molecule has 0 heterocycles. The Balaban J connectivity index is 1.65. The lowest BCUT2D eigenvalue weighted by Crippen LogP contribution is -2.48. The van der Waals surface area contributed by atoms with Crippen LogP contribution in [-0.4, -0.2) is 36.9 Å². The summed E-state index contributed by atoms with van der Waals surface area (Å²) in [5, 5.41) is 2.50. The highest BCUT2D eigenvalue weighted by Gasteiger charge is 2.30. The van der Waals surface area contributed by atoms with E-state index >= 15 is 0 Å². The molecular weight excluding hydrogens is 356 g/mol. The topological polar surface area (TPSA) is 90.6 Å². The van der Waals surface area contributed by atoms with Crippen molar-refractivity contribution in [1.82, 2.24) is 5.32 Å². The molecule has 6 heteroatoms. The minimum absolute atomic E-state index is 0.0454. The number of hydrogen-bond acceptors (Lipinski definition) is 5. The first-order chi connectivity index (χ1) is 13.3. The lowest BCUT2D eigenvalue weighted by molar-refractivity contribution is -0.157. The van der Waals surface area contributed by atoms with Crippen LogP contribution < -0.4 is 11.1 Å². The molecule has 2 aromatic rings. The molecule has 0 spiro atoms. The molecule has 0 saturated heterocycles. The SMILES string of the molecule is CC(C)(C)OC(=O)[C@H](CN)NC(=O)OCC1c2ccccc2-c2ccccc21. The van der Waals surface area contributed by atoms with E-state index in [-0.39, 0.29) is 19.1 Å². The summed E-state index contributed by atoms with van der Waals surface area (Å²) in [6.07, 6.45) is -0.692. The quantitative estimate of drug-likeness (QED) is 0.775. The van der Waals surface area contributed by atoms with E-state index in [1.54, 1.807) is 20.8 Å². The number of fused-ring (bicyclic) bond motifs is 3. The number of benzene rings is 2. The minimum atomic E-state index is -0.949. The number of esters is 1. The van der Waals surface area contributed by atoms with Crippen LogP contribution in [0.15, 0.2) is 48.5 Å². The lowest BCUT2D eigenvalue weighted by Gasteiger charge is -2.24. The maximum absolute atomic E-state index is 12.3. The summed E-state index contributed by atoms with van der Waals surface area (Å²) in [5.41, 5.74) is 9.51. The molecule has 6 nitrogen and oxygen atoms in total. The molecule has 0 saturated carbocycles. The molecule has 1 aliphatic carbocycles. The molecule has 0 fully saturated rings. The number of ether oxygens (including phenoxy) is 2. The zero-order valence-electron chi connectivity index (χ0n) is 16.4. The molecule has 0 aromatic heterocycles. The summed E-state index contributed by atoms with van der Waals surface area (Å²) in [5.74, 6) is -0.625. The van der Waals surface area contributed by atoms with Gasteiger partial charge in [0.2, 0.25) is 0 Å². The highest BCUT2D eigenvalue weighted by Crippen LogP contribution is 2.44. The second kappa shape index (κ2) is 8.02. The van der Waals surface area contributed by atoms with E-state index in [2.05, 4.69) is 17.4 Å². The van der Waals surface area contributed by atoms with Gasteiger partial charge in [-0.25, -0.2) is 9.59 Å². The van der Waals surface area contributed by atoms with Crippen LogP contribution in [0.2, 0.25) is 0 Å². The monoisotopic (exact) mass is 382 g/mol. The maximum Gasteiger partial charge on any atom is 0.407 e. The van der Waals surface area contributed by atoms with Crippen LogP contribution in [0.1, 0.15) is 37.8 Å². The minimum Gasteiger partial charge on any atom is -0.458 e. The van der Waals surface area contributed by atoms with Gasteiger partial charge in [0.1, 0.15) is 18.2 Å². The van der Waals surface area contributed by atoms with Gasteiger partial charge in [-0.2, -0.15) is 0 Å². The number of nitrogens with two attached hydrogens (primary N) is 1. The number of carbonyl (C=O) groups excluding carboxylic acids is 2. The van der Waals surface area contributed by atoms with Crippen molar-refractivity contribution in [1.29, 1.82) is 0 Å². The van der Waals surface area contributed by atoms with Gasteiger partial charge >= 0.3 is 12.1 Å². The van der Waals surface area contributed by atoms with Crippen LogP contribution in [0.25, 0.3) is 11.1 Å². The standard InChI is InChI=1S/C22H26N2O4/c1-22(2,3)28-20(25)19(12-23)24-21(26)27-13-18-16-10-6-4-8-14(16)15-9-5-7-11-17(15)18/h4-11,18-19H,12-13,23H2,1-3H3,(H,24,26)/t19-/m0/s1. The zero-order valence-corrected chi connectivity index (χ0v) is 16.4. The normalized spacial score (nSPS) is 14.0. The van der Waals surface area contributed by atoms with E-state index in [0.29, 0.717) is 0 Å². The fraction of sp³-hybridized carbons (Fsp3) is 0.364. The average molecular weight is 382 g/mol. The zero-order chi connectivity index (χ0) is 20.3. The Hall–Kier alpha value is -2.86. The van der Waals surface area contributed by atoms with Crippen molar-refractivity contribution in [3.8, 4) is 11.1 Å². The molecule has 148 valence electrons. The third kappa shape index (κ3) is 4.34. The molecule has 0 radical (unpaired) electrons. The van der Waals surface area contributed by atoms with Gasteiger partial charge in [-0.3, -0.25) is 0 Å². The molecule has 1 aliphatic rings. The number of carbonyl (C=O) groups is 2. The van der Waals surface area contributed by atoms with E-state index in [4.69, 9.17) is 15.2 Å². The van der Waals surface area contributed by atoms with Crippen molar-refractivity contribution < 1.29 is 19.1 Å². The first-order valence-electron chi connectivity index (χ1n) is 9.34. The van der Waals surface area contributed by atoms with Crippen LogP contribution in [-0.2, 0) is 14.3 Å². The van der Waals surface area contributed by atoms with Crippen LogP contribution in [0.3, 0.4) is 0 Å². The summed E-state index contributed by atoms with van der Waals surface area (Å²) in [6.45, 7) is 5.37. The van der Waals surface area contributed by atoms with E-state index in [1.165, 1.54) is 0 Å². The van der Waals surface area contributed by atoms with Gasteiger partial charge in [0, 0.05) is 12.5 Å². The predicted octanol–water partition coefficient (Wildman–Crippen LogP) is 3.19. The first kappa shape index (κ1) is 19.9. The molecular formula is C22H26N2O4. The average Bonchev–Trinajstić information content (AvgIpc) is 2.97. The van der Waals surface area contributed by atoms with Gasteiger partial charge in [0.05, 0.1) is 0 Å². The van der Waals surface area contributed by atoms with Gasteiger partial charge in [0.25, 0.3) is 0 Å². The Kier molecular flexibility index (Phi) is 5.70. The maximum atomic E-state index is 12.3. The Labute approximate surface area is 165 Å². The van der Waals surface area contributed by atoms with Crippen LogP contribution in [0.4, 0.5) is 4.79 Å². The van der Waals surface area contributed by atoms with Crippen molar-refractivity contribution in [2.45, 2.75) is 38.3 Å². The Bertz CT molecular complexity index is 827. The fourth-order valence-corrected chi connectivity index (χ4v) is 3.37. The third-order valence-electron chi connectivity index (χ3n) is 4.56. The summed E-state index contributed by atoms with van der Waals surface area (Å²) in [4.78, 5) is 24.4. The molecule has 28 heavy (non-hydrogen) atoms. The third-order valence-corrected chi connectivity index (χ3v) is 4.56. The Morgan fingerprint density at radius 3 is 2.07 bits per heavy atom. The van der Waals surface area contributed by atoms with E-state index in [9.17, 15) is 9.59 Å². The van der Waals surface area contributed by atoms with Gasteiger partial charge in [0.15, 0.2) is 0 Å². The molecule has 3 N–H and O–H groups in total. The molecule has 1 amide bonds. The Morgan fingerprint density at radius 1 is 1.04 bits per heavy atom. The largest absolute Gasteiger partial charge is 0.458 e. The second-order valence-corrected chi connectivity index (χ2v) is 7.79. The highest BCUT2D eigenvalue weighted by atomic mass is 16.6. The predicted molar refractivity (Wildman–Crippen MR) is 107 cm³/mol. The fourth-order valence-electron chi connectivity index (χ4n) is 3.37. The second-order valence-electron chi connectivity index (χ2n) is 7.79. The number of rotatable bonds is 5. The van der Waals surface area contributed by atoms with Crippen molar-refractivity contribution in [2.24, 2.45) is 5.73 Å². The number of hydrogen-bond donors (Lipinski definition) is 2. The summed E-state index contributed by atoms with van der Waals surface area (Å²) in [6, 6.07) is 15.2. The molecule has 2 aromatic carbocycles. The van der Waals surface area contributed by atoms with Gasteiger partial charge in [-0.15, -0.1) is 0 Å². The van der Waals surface area contributed by atoms with E-state index < -0.39 is 23.7 Å². The van der Waals surface area contributed by atoms with Gasteiger partial charge < -0.3 is 20.5 Å². The van der Waals surface area contributed by atoms with Crippen LogP contribution >= 0.6 is 0 Å². The number of amides is 1. The van der Waals surface area contributed by atoms with Crippen molar-refractivity contribution >= 4 is 12.1 Å². The van der Waals surface area contributed by atoms with Crippen LogP contribution in [0.5, 0.6) is 0 Å². The van der Waals surface area contributed by atoms with Crippen LogP contribution in [0, 0.1) is 0 Å². The smallest absolute Gasteiger partial charge is 0.407 e. The van der Waals surface area contributed by atoms with Crippen molar-refractivity contribution in [2.75, 3.05) is 13.2 Å². The molecule has 0 unspecified atom stereocenters. The summed E-state index contributed by atoms with van der Waals surface area (Å²) < 4.78 is 10.7. The number of alkyl carbamates (subject to hydrolysis) is 1. The lowest BCUT2D eigenvalue weighted by atomic mass is 9.98. The van der Waals surface area contributed by atoms with Crippen molar-refractivity contribution in [3.63, 3.8) is 0 Å². The number of nitrogens with one attached hydrogen (secondary N) is 1. The van der Waals surface area contributed by atoms with Gasteiger partial charge in [-0.05, 0) is 43.0 Å². The highest BCUT2D eigenvalue weighted by molar-refractivity contribution is 5.82. The molecule has 0 aliphatic heterocycles. The van der Waals surface area contributed by atoms with Crippen molar-refractivity contribution in [3.05, 3.63) is 59.7 Å². The molecule has 3 rings (SSSR count). The van der Waals surface area contributed by atoms with E-state index in [1.807, 2.05) is 36.4 Å². The summed E-state index contributed by atoms with van der Waals surface area (Å²) in [7, 11) is 0. The summed E-state index contributed by atoms with van der Waals surface area (Å²) >= 11 is 0. The first-order valence-corrected chi connectivity index (χ1v) is 9.34.